The molecule has 1 saturated heterocycles. The number of aromatic hydroxyl groups is 1. The first-order chi connectivity index (χ1) is 11.8. The quantitative estimate of drug-likeness (QED) is 0.810. The predicted octanol–water partition coefficient (Wildman–Crippen LogP) is 3.95. The molecule has 3 nitrogen and oxygen atoms in total. The van der Waals surface area contributed by atoms with E-state index in [2.05, 4.69) is 29.6 Å². The zero-order valence-corrected chi connectivity index (χ0v) is 14.2. The van der Waals surface area contributed by atoms with Crippen LogP contribution in [0.15, 0.2) is 48.5 Å². The summed E-state index contributed by atoms with van der Waals surface area (Å²) in [6.07, 6.45) is 5.50. The Labute approximate surface area is 144 Å². The lowest BCUT2D eigenvalue weighted by Gasteiger charge is -2.22. The Morgan fingerprint density at radius 3 is 2.67 bits per heavy atom. The van der Waals surface area contributed by atoms with Gasteiger partial charge in [-0.3, -0.25) is 0 Å². The molecule has 0 radical (unpaired) electrons. The number of aryl methyl sites for hydroxylation is 2. The van der Waals surface area contributed by atoms with Crippen molar-refractivity contribution in [1.29, 1.82) is 0 Å². The lowest BCUT2D eigenvalue weighted by Crippen LogP contribution is -2.28. The summed E-state index contributed by atoms with van der Waals surface area (Å²) < 4.78 is 6.08. The van der Waals surface area contributed by atoms with Gasteiger partial charge in [-0.1, -0.05) is 30.3 Å². The number of hydrogen-bond acceptors (Lipinski definition) is 3. The summed E-state index contributed by atoms with van der Waals surface area (Å²) in [5.74, 6) is 2.14. The molecule has 1 aliphatic heterocycles. The number of benzene rings is 2. The smallest absolute Gasteiger partial charge is 0.122 e. The molecule has 3 rings (SSSR count). The molecule has 0 amide bonds. The normalized spacial score (nSPS) is 15.3. The van der Waals surface area contributed by atoms with Crippen molar-refractivity contribution in [3.05, 3.63) is 59.7 Å². The van der Waals surface area contributed by atoms with Crippen LogP contribution in [0.4, 0.5) is 0 Å². The maximum absolute atomic E-state index is 9.58. The van der Waals surface area contributed by atoms with Gasteiger partial charge in [-0.05, 0) is 80.4 Å². The van der Waals surface area contributed by atoms with Gasteiger partial charge in [-0.25, -0.2) is 0 Å². The molecule has 0 bridgehead atoms. The van der Waals surface area contributed by atoms with Gasteiger partial charge in [0, 0.05) is 0 Å². The molecule has 0 spiro atoms. The van der Waals surface area contributed by atoms with E-state index in [0.717, 1.165) is 56.2 Å². The number of hydrogen-bond donors (Lipinski definition) is 2. The fourth-order valence-corrected chi connectivity index (χ4v) is 3.35. The van der Waals surface area contributed by atoms with Crippen LogP contribution in [0.2, 0.25) is 0 Å². The summed E-state index contributed by atoms with van der Waals surface area (Å²) >= 11 is 0. The number of nitrogens with one attached hydrogen (secondary N) is 1. The second-order valence-corrected chi connectivity index (χ2v) is 6.61. The molecule has 0 atom stereocenters. The second kappa shape index (κ2) is 8.74. The average Bonchev–Trinajstić information content (AvgIpc) is 2.62. The van der Waals surface area contributed by atoms with Crippen molar-refractivity contribution in [1.82, 2.24) is 5.32 Å². The Balaban J connectivity index is 1.52. The summed E-state index contributed by atoms with van der Waals surface area (Å²) in [6, 6.07) is 15.8. The predicted molar refractivity (Wildman–Crippen MR) is 97.7 cm³/mol. The van der Waals surface area contributed by atoms with Crippen molar-refractivity contribution in [2.75, 3.05) is 19.7 Å². The molecule has 3 heteroatoms. The zero-order chi connectivity index (χ0) is 16.6. The van der Waals surface area contributed by atoms with E-state index in [-0.39, 0.29) is 0 Å². The van der Waals surface area contributed by atoms with Crippen LogP contribution in [-0.2, 0) is 12.8 Å². The molecule has 24 heavy (non-hydrogen) atoms. The molecular formula is C21H27NO2. The molecule has 0 unspecified atom stereocenters. The maximum Gasteiger partial charge on any atom is 0.122 e. The Morgan fingerprint density at radius 1 is 1.00 bits per heavy atom. The third-order valence-electron chi connectivity index (χ3n) is 4.81. The van der Waals surface area contributed by atoms with E-state index in [4.69, 9.17) is 4.74 Å². The number of para-hydroxylation sites is 1. The van der Waals surface area contributed by atoms with Crippen LogP contribution in [0, 0.1) is 5.92 Å². The van der Waals surface area contributed by atoms with Crippen LogP contribution >= 0.6 is 0 Å². The van der Waals surface area contributed by atoms with Crippen molar-refractivity contribution >= 4 is 0 Å². The molecule has 1 aliphatic rings. The van der Waals surface area contributed by atoms with Gasteiger partial charge in [0.25, 0.3) is 0 Å². The van der Waals surface area contributed by atoms with E-state index in [1.807, 2.05) is 18.2 Å². The molecule has 1 heterocycles. The lowest BCUT2D eigenvalue weighted by atomic mass is 9.95. The first-order valence-corrected chi connectivity index (χ1v) is 9.00. The van der Waals surface area contributed by atoms with Gasteiger partial charge in [0.15, 0.2) is 0 Å². The molecule has 0 aromatic heterocycles. The van der Waals surface area contributed by atoms with Crippen molar-refractivity contribution in [3.63, 3.8) is 0 Å². The SMILES string of the molecule is Oc1cccc(CCc2ccccc2OCCC2CCNCC2)c1. The highest BCUT2D eigenvalue weighted by molar-refractivity contribution is 5.35. The van der Waals surface area contributed by atoms with E-state index >= 15 is 0 Å². The lowest BCUT2D eigenvalue weighted by molar-refractivity contribution is 0.250. The topological polar surface area (TPSA) is 41.5 Å². The van der Waals surface area contributed by atoms with Gasteiger partial charge in [0.1, 0.15) is 11.5 Å². The molecule has 128 valence electrons. The minimum Gasteiger partial charge on any atom is -0.508 e. The van der Waals surface area contributed by atoms with Crippen LogP contribution in [0.25, 0.3) is 0 Å². The van der Waals surface area contributed by atoms with Crippen molar-refractivity contribution < 1.29 is 9.84 Å². The minimum absolute atomic E-state index is 0.332. The van der Waals surface area contributed by atoms with Crippen LogP contribution < -0.4 is 10.1 Å². The third-order valence-corrected chi connectivity index (χ3v) is 4.81. The highest BCUT2D eigenvalue weighted by Gasteiger charge is 2.13. The molecule has 2 aromatic carbocycles. The number of piperidine rings is 1. The highest BCUT2D eigenvalue weighted by atomic mass is 16.5. The van der Waals surface area contributed by atoms with E-state index in [9.17, 15) is 5.11 Å². The minimum atomic E-state index is 0.332. The van der Waals surface area contributed by atoms with E-state index < -0.39 is 0 Å². The third kappa shape index (κ3) is 5.00. The monoisotopic (exact) mass is 325 g/mol. The molecule has 2 aromatic rings. The van der Waals surface area contributed by atoms with Crippen molar-refractivity contribution in [2.45, 2.75) is 32.1 Å². The summed E-state index contributed by atoms with van der Waals surface area (Å²) in [4.78, 5) is 0. The van der Waals surface area contributed by atoms with E-state index in [1.165, 1.54) is 18.4 Å². The fourth-order valence-electron chi connectivity index (χ4n) is 3.35. The largest absolute Gasteiger partial charge is 0.508 e. The van der Waals surface area contributed by atoms with Crippen molar-refractivity contribution in [2.24, 2.45) is 5.92 Å². The summed E-state index contributed by atoms with van der Waals surface area (Å²) in [6.45, 7) is 3.09. The van der Waals surface area contributed by atoms with Gasteiger partial charge in [0.05, 0.1) is 6.61 Å². The van der Waals surface area contributed by atoms with Crippen LogP contribution in [0.3, 0.4) is 0 Å². The van der Waals surface area contributed by atoms with Crippen LogP contribution in [0.5, 0.6) is 11.5 Å². The standard InChI is InChI=1S/C21H27NO2/c23-20-6-3-4-18(16-20)8-9-19-5-1-2-7-21(19)24-15-12-17-10-13-22-14-11-17/h1-7,16-17,22-23H,8-15H2. The molecule has 1 fully saturated rings. The van der Waals surface area contributed by atoms with Gasteiger partial charge in [-0.15, -0.1) is 0 Å². The summed E-state index contributed by atoms with van der Waals surface area (Å²) in [5, 5.41) is 13.0. The number of phenolic OH excluding ortho intramolecular Hbond substituents is 1. The average molecular weight is 325 g/mol. The van der Waals surface area contributed by atoms with Crippen LogP contribution in [0.1, 0.15) is 30.4 Å². The van der Waals surface area contributed by atoms with Crippen molar-refractivity contribution in [3.8, 4) is 11.5 Å². The molecule has 0 saturated carbocycles. The number of ether oxygens (including phenoxy) is 1. The fraction of sp³-hybridized carbons (Fsp3) is 0.429. The van der Waals surface area contributed by atoms with Crippen LogP contribution in [-0.4, -0.2) is 24.8 Å². The number of rotatable bonds is 7. The molecular weight excluding hydrogens is 298 g/mol. The van der Waals surface area contributed by atoms with Gasteiger partial charge >= 0.3 is 0 Å². The van der Waals surface area contributed by atoms with E-state index in [0.29, 0.717) is 5.75 Å². The molecule has 0 aliphatic carbocycles. The highest BCUT2D eigenvalue weighted by Crippen LogP contribution is 2.23. The zero-order valence-electron chi connectivity index (χ0n) is 14.2. The molecule has 2 N–H and O–H groups in total. The second-order valence-electron chi connectivity index (χ2n) is 6.61. The Bertz CT molecular complexity index is 635. The Kier molecular flexibility index (Phi) is 6.13. The van der Waals surface area contributed by atoms with E-state index in [1.54, 1.807) is 6.07 Å². The maximum atomic E-state index is 9.58. The Morgan fingerprint density at radius 2 is 1.83 bits per heavy atom. The van der Waals surface area contributed by atoms with Gasteiger partial charge in [-0.2, -0.15) is 0 Å². The number of phenols is 1. The van der Waals surface area contributed by atoms with Gasteiger partial charge < -0.3 is 15.2 Å². The van der Waals surface area contributed by atoms with Gasteiger partial charge in [0.2, 0.25) is 0 Å². The first-order valence-electron chi connectivity index (χ1n) is 9.00. The first kappa shape index (κ1) is 16.8. The Hall–Kier alpha value is -2.00. The summed E-state index contributed by atoms with van der Waals surface area (Å²) in [5.41, 5.74) is 2.39. The summed E-state index contributed by atoms with van der Waals surface area (Å²) in [7, 11) is 0.